The summed E-state index contributed by atoms with van der Waals surface area (Å²) in [7, 11) is 0. The van der Waals surface area contributed by atoms with E-state index in [4.69, 9.17) is 9.26 Å². The zero-order chi connectivity index (χ0) is 16.4. The molecule has 4 rings (SSSR count). The lowest BCUT2D eigenvalue weighted by Gasteiger charge is -2.41. The van der Waals surface area contributed by atoms with Gasteiger partial charge in [0.25, 0.3) is 0 Å². The molecule has 1 spiro atoms. The molecule has 0 aliphatic carbocycles. The van der Waals surface area contributed by atoms with E-state index in [9.17, 15) is 0 Å². The van der Waals surface area contributed by atoms with E-state index in [0.717, 1.165) is 44.5 Å². The molecule has 2 aliphatic heterocycles. The summed E-state index contributed by atoms with van der Waals surface area (Å²) in [5.41, 5.74) is 2.41. The third-order valence-electron chi connectivity index (χ3n) is 4.96. The number of aromatic nitrogens is 2. The fraction of sp³-hybridized carbons (Fsp3) is 0.474. The molecule has 2 aliphatic rings. The van der Waals surface area contributed by atoms with Gasteiger partial charge in [0.1, 0.15) is 0 Å². The summed E-state index contributed by atoms with van der Waals surface area (Å²) in [4.78, 5) is 6.90. The highest BCUT2D eigenvalue weighted by molar-refractivity contribution is 5.53. The molecule has 1 saturated heterocycles. The quantitative estimate of drug-likeness (QED) is 0.809. The Hall–Kier alpha value is -1.98. The van der Waals surface area contributed by atoms with Gasteiger partial charge in [0, 0.05) is 18.7 Å². The molecule has 0 saturated carbocycles. The maximum Gasteiger partial charge on any atom is 0.241 e. The minimum Gasteiger partial charge on any atom is -0.370 e. The molecular weight excluding hydrogens is 302 g/mol. The van der Waals surface area contributed by atoms with E-state index in [0.29, 0.717) is 18.3 Å². The van der Waals surface area contributed by atoms with Crippen LogP contribution in [0, 0.1) is 0 Å². The van der Waals surface area contributed by atoms with Crippen molar-refractivity contribution in [1.29, 1.82) is 0 Å². The van der Waals surface area contributed by atoms with Crippen molar-refractivity contribution in [3.8, 4) is 11.4 Å². The van der Waals surface area contributed by atoms with Crippen molar-refractivity contribution in [2.75, 3.05) is 19.7 Å². The van der Waals surface area contributed by atoms with E-state index in [1.54, 1.807) is 0 Å². The molecule has 24 heavy (non-hydrogen) atoms. The van der Waals surface area contributed by atoms with Gasteiger partial charge in [-0.25, -0.2) is 0 Å². The molecular formula is C19H23N3O2. The van der Waals surface area contributed by atoms with Crippen molar-refractivity contribution >= 4 is 0 Å². The van der Waals surface area contributed by atoms with E-state index >= 15 is 0 Å². The molecule has 0 unspecified atom stereocenters. The Kier molecular flexibility index (Phi) is 4.21. The summed E-state index contributed by atoms with van der Waals surface area (Å²) in [6.45, 7) is 5.75. The van der Waals surface area contributed by atoms with Crippen LogP contribution in [0.3, 0.4) is 0 Å². The van der Waals surface area contributed by atoms with Gasteiger partial charge in [-0.2, -0.15) is 4.98 Å². The molecule has 3 heterocycles. The number of ether oxygens (including phenoxy) is 1. The van der Waals surface area contributed by atoms with Gasteiger partial charge in [-0.1, -0.05) is 47.1 Å². The molecule has 0 amide bonds. The average molecular weight is 325 g/mol. The lowest BCUT2D eigenvalue weighted by atomic mass is 9.87. The van der Waals surface area contributed by atoms with Gasteiger partial charge >= 0.3 is 0 Å². The van der Waals surface area contributed by atoms with Gasteiger partial charge < -0.3 is 9.26 Å². The maximum atomic E-state index is 6.08. The summed E-state index contributed by atoms with van der Waals surface area (Å²) < 4.78 is 11.5. The zero-order valence-corrected chi connectivity index (χ0v) is 14.1. The van der Waals surface area contributed by atoms with Crippen LogP contribution >= 0.6 is 0 Å². The Morgan fingerprint density at radius 3 is 2.71 bits per heavy atom. The number of nitrogens with zero attached hydrogens (tertiary/aromatic N) is 3. The van der Waals surface area contributed by atoms with Crippen molar-refractivity contribution in [1.82, 2.24) is 15.0 Å². The molecule has 1 fully saturated rings. The number of piperidine rings is 1. The fourth-order valence-electron chi connectivity index (χ4n) is 3.57. The number of hydrogen-bond acceptors (Lipinski definition) is 5. The Morgan fingerprint density at radius 1 is 1.17 bits per heavy atom. The number of likely N-dealkylation sites (tertiary alicyclic amines) is 1. The molecule has 1 aromatic carbocycles. The highest BCUT2D eigenvalue weighted by Crippen LogP contribution is 2.33. The zero-order valence-electron chi connectivity index (χ0n) is 14.1. The van der Waals surface area contributed by atoms with Gasteiger partial charge in [0.15, 0.2) is 0 Å². The molecule has 2 aromatic rings. The van der Waals surface area contributed by atoms with Gasteiger partial charge in [-0.15, -0.1) is 0 Å². The van der Waals surface area contributed by atoms with E-state index in [1.807, 2.05) is 30.3 Å². The van der Waals surface area contributed by atoms with Gasteiger partial charge in [0.05, 0.1) is 18.8 Å². The summed E-state index contributed by atoms with van der Waals surface area (Å²) in [5.74, 6) is 1.34. The van der Waals surface area contributed by atoms with Crippen LogP contribution in [-0.4, -0.2) is 40.3 Å². The monoisotopic (exact) mass is 325 g/mol. The molecule has 126 valence electrons. The van der Waals surface area contributed by atoms with Crippen LogP contribution in [0.2, 0.25) is 0 Å². The Morgan fingerprint density at radius 2 is 1.96 bits per heavy atom. The second-order valence-electron chi connectivity index (χ2n) is 6.81. The normalized spacial score (nSPS) is 21.0. The highest BCUT2D eigenvalue weighted by Gasteiger charge is 2.35. The van der Waals surface area contributed by atoms with Crippen molar-refractivity contribution in [2.45, 2.75) is 38.3 Å². The molecule has 0 atom stereocenters. The minimum absolute atomic E-state index is 0.0388. The second kappa shape index (κ2) is 6.49. The van der Waals surface area contributed by atoms with E-state index in [2.05, 4.69) is 28.0 Å². The first-order chi connectivity index (χ1) is 11.7. The van der Waals surface area contributed by atoms with Crippen molar-refractivity contribution in [3.05, 3.63) is 47.9 Å². The van der Waals surface area contributed by atoms with Crippen molar-refractivity contribution in [2.24, 2.45) is 0 Å². The molecule has 1 aromatic heterocycles. The second-order valence-corrected chi connectivity index (χ2v) is 6.81. The maximum absolute atomic E-state index is 6.08. The summed E-state index contributed by atoms with van der Waals surface area (Å²) in [6.07, 6.45) is 5.47. The fourth-order valence-corrected chi connectivity index (χ4v) is 3.57. The van der Waals surface area contributed by atoms with Crippen LogP contribution in [0.25, 0.3) is 11.4 Å². The van der Waals surface area contributed by atoms with Gasteiger partial charge in [-0.3, -0.25) is 4.90 Å². The summed E-state index contributed by atoms with van der Waals surface area (Å²) in [6, 6.07) is 9.94. The van der Waals surface area contributed by atoms with Crippen LogP contribution in [0.4, 0.5) is 0 Å². The van der Waals surface area contributed by atoms with Crippen molar-refractivity contribution in [3.63, 3.8) is 0 Å². The molecule has 5 heteroatoms. The molecule has 0 bridgehead atoms. The Balaban J connectivity index is 1.38. The SMILES string of the molecule is CC1=CC2(CCN(Cc3nc(-c4ccccc4)no3)CC2)OCC1. The lowest BCUT2D eigenvalue weighted by molar-refractivity contribution is -0.0587. The highest BCUT2D eigenvalue weighted by atomic mass is 16.5. The summed E-state index contributed by atoms with van der Waals surface area (Å²) >= 11 is 0. The molecule has 0 N–H and O–H groups in total. The molecule has 5 nitrogen and oxygen atoms in total. The smallest absolute Gasteiger partial charge is 0.241 e. The first-order valence-corrected chi connectivity index (χ1v) is 8.65. The van der Waals surface area contributed by atoms with E-state index < -0.39 is 0 Å². The predicted octanol–water partition coefficient (Wildman–Crippen LogP) is 3.44. The third kappa shape index (κ3) is 3.28. The first kappa shape index (κ1) is 15.5. The van der Waals surface area contributed by atoms with Crippen LogP contribution < -0.4 is 0 Å². The first-order valence-electron chi connectivity index (χ1n) is 8.65. The van der Waals surface area contributed by atoms with Gasteiger partial charge in [-0.05, 0) is 26.2 Å². The van der Waals surface area contributed by atoms with Crippen LogP contribution in [0.15, 0.2) is 46.5 Å². The van der Waals surface area contributed by atoms with E-state index in [-0.39, 0.29) is 5.60 Å². The van der Waals surface area contributed by atoms with Crippen molar-refractivity contribution < 1.29 is 9.26 Å². The number of rotatable bonds is 3. The lowest BCUT2D eigenvalue weighted by Crippen LogP contribution is -2.46. The molecule has 0 radical (unpaired) electrons. The third-order valence-corrected chi connectivity index (χ3v) is 4.96. The summed E-state index contributed by atoms with van der Waals surface area (Å²) in [5, 5.41) is 4.10. The van der Waals surface area contributed by atoms with Crippen LogP contribution in [-0.2, 0) is 11.3 Å². The van der Waals surface area contributed by atoms with Gasteiger partial charge in [0.2, 0.25) is 11.7 Å². The van der Waals surface area contributed by atoms with Crippen LogP contribution in [0.1, 0.15) is 32.1 Å². The topological polar surface area (TPSA) is 51.4 Å². The Bertz CT molecular complexity index is 715. The minimum atomic E-state index is -0.0388. The largest absolute Gasteiger partial charge is 0.370 e. The average Bonchev–Trinajstić information content (AvgIpc) is 3.07. The van der Waals surface area contributed by atoms with Crippen LogP contribution in [0.5, 0.6) is 0 Å². The van der Waals surface area contributed by atoms with E-state index in [1.165, 1.54) is 5.57 Å². The Labute approximate surface area is 142 Å². The standard InChI is InChI=1S/C19H23N3O2/c1-15-7-12-23-19(13-15)8-10-22(11-9-19)14-17-20-18(21-24-17)16-5-3-2-4-6-16/h2-6,13H,7-12,14H2,1H3. The predicted molar refractivity (Wildman–Crippen MR) is 91.3 cm³/mol. The number of hydrogen-bond donors (Lipinski definition) is 0. The number of benzene rings is 1.